The number of hydrogen-bond acceptors (Lipinski definition) is 2. The maximum absolute atomic E-state index is 6.02. The Morgan fingerprint density at radius 3 is 2.73 bits per heavy atom. The zero-order valence-corrected chi connectivity index (χ0v) is 9.12. The first-order valence-corrected chi connectivity index (χ1v) is 5.08. The summed E-state index contributed by atoms with van der Waals surface area (Å²) in [5.74, 6) is 0.817. The highest BCUT2D eigenvalue weighted by Gasteiger charge is 1.98. The molecule has 0 aliphatic carbocycles. The van der Waals surface area contributed by atoms with Gasteiger partial charge in [0, 0.05) is 16.9 Å². The maximum atomic E-state index is 6.02. The molecule has 0 saturated heterocycles. The first-order valence-electron chi connectivity index (χ1n) is 4.70. The molecule has 1 aromatic carbocycles. The van der Waals surface area contributed by atoms with Gasteiger partial charge in [-0.15, -0.1) is 0 Å². The monoisotopic (exact) mass is 218 g/mol. The van der Waals surface area contributed by atoms with Gasteiger partial charge >= 0.3 is 0 Å². The molecular weight excluding hydrogens is 208 g/mol. The highest BCUT2D eigenvalue weighted by atomic mass is 35.5. The molecule has 0 saturated carbocycles. The summed E-state index contributed by atoms with van der Waals surface area (Å²) in [4.78, 5) is 4.17. The van der Waals surface area contributed by atoms with Crippen LogP contribution in [0.5, 0.6) is 0 Å². The van der Waals surface area contributed by atoms with E-state index in [2.05, 4.69) is 10.3 Å². The van der Waals surface area contributed by atoms with Crippen LogP contribution in [-0.2, 0) is 0 Å². The number of pyridine rings is 1. The van der Waals surface area contributed by atoms with Crippen LogP contribution in [0.1, 0.15) is 5.56 Å². The Hall–Kier alpha value is -1.54. The van der Waals surface area contributed by atoms with E-state index in [1.165, 1.54) is 0 Å². The molecule has 76 valence electrons. The lowest BCUT2D eigenvalue weighted by atomic mass is 10.2. The van der Waals surface area contributed by atoms with Crippen molar-refractivity contribution in [3.8, 4) is 0 Å². The number of rotatable bonds is 2. The van der Waals surface area contributed by atoms with Crippen LogP contribution in [0.2, 0.25) is 5.02 Å². The first kappa shape index (κ1) is 9.99. The molecule has 2 nitrogen and oxygen atoms in total. The van der Waals surface area contributed by atoms with Gasteiger partial charge in [0.25, 0.3) is 0 Å². The maximum Gasteiger partial charge on any atom is 0.130 e. The van der Waals surface area contributed by atoms with Crippen molar-refractivity contribution < 1.29 is 0 Å². The minimum Gasteiger partial charge on any atom is -0.340 e. The van der Waals surface area contributed by atoms with Crippen molar-refractivity contribution in [1.29, 1.82) is 0 Å². The van der Waals surface area contributed by atoms with Crippen LogP contribution in [0.15, 0.2) is 42.6 Å². The van der Waals surface area contributed by atoms with E-state index in [0.717, 1.165) is 22.1 Å². The molecule has 0 atom stereocenters. The average Bonchev–Trinajstić information content (AvgIpc) is 2.25. The van der Waals surface area contributed by atoms with Crippen molar-refractivity contribution in [3.63, 3.8) is 0 Å². The van der Waals surface area contributed by atoms with E-state index in [9.17, 15) is 0 Å². The summed E-state index contributed by atoms with van der Waals surface area (Å²) in [7, 11) is 0. The lowest BCUT2D eigenvalue weighted by molar-refractivity contribution is 1.31. The number of nitrogens with one attached hydrogen (secondary N) is 1. The SMILES string of the molecule is Cc1ccc(Nc2ccccn2)cc1Cl. The Labute approximate surface area is 93.9 Å². The van der Waals surface area contributed by atoms with Gasteiger partial charge in [-0.25, -0.2) is 4.98 Å². The second kappa shape index (κ2) is 4.32. The summed E-state index contributed by atoms with van der Waals surface area (Å²) in [6.07, 6.45) is 1.75. The van der Waals surface area contributed by atoms with E-state index in [-0.39, 0.29) is 0 Å². The van der Waals surface area contributed by atoms with E-state index >= 15 is 0 Å². The summed E-state index contributed by atoms with van der Waals surface area (Å²) in [6, 6.07) is 11.6. The molecule has 0 aliphatic rings. The number of aryl methyl sites for hydroxylation is 1. The van der Waals surface area contributed by atoms with Crippen LogP contribution >= 0.6 is 11.6 Å². The quantitative estimate of drug-likeness (QED) is 0.830. The molecule has 0 aliphatic heterocycles. The van der Waals surface area contributed by atoms with Crippen molar-refractivity contribution in [2.45, 2.75) is 6.92 Å². The second-order valence-electron chi connectivity index (χ2n) is 3.30. The Bertz CT molecular complexity index is 454. The molecular formula is C12H11ClN2. The van der Waals surface area contributed by atoms with Gasteiger partial charge in [0.15, 0.2) is 0 Å². The summed E-state index contributed by atoms with van der Waals surface area (Å²) >= 11 is 6.02. The molecule has 0 unspecified atom stereocenters. The second-order valence-corrected chi connectivity index (χ2v) is 3.71. The van der Waals surface area contributed by atoms with Gasteiger partial charge in [-0.1, -0.05) is 23.7 Å². The number of nitrogens with zero attached hydrogens (tertiary/aromatic N) is 1. The average molecular weight is 219 g/mol. The van der Waals surface area contributed by atoms with Crippen LogP contribution in [-0.4, -0.2) is 4.98 Å². The normalized spacial score (nSPS) is 10.0. The van der Waals surface area contributed by atoms with Gasteiger partial charge in [0.05, 0.1) is 0 Å². The third-order valence-corrected chi connectivity index (χ3v) is 2.52. The number of halogens is 1. The number of hydrogen-bond donors (Lipinski definition) is 1. The van der Waals surface area contributed by atoms with Gasteiger partial charge < -0.3 is 5.32 Å². The number of benzene rings is 1. The lowest BCUT2D eigenvalue weighted by Gasteiger charge is -2.06. The number of anilines is 2. The Balaban J connectivity index is 2.22. The molecule has 15 heavy (non-hydrogen) atoms. The minimum atomic E-state index is 0.760. The third kappa shape index (κ3) is 2.48. The van der Waals surface area contributed by atoms with E-state index in [1.807, 2.05) is 43.3 Å². The van der Waals surface area contributed by atoms with Gasteiger partial charge in [-0.2, -0.15) is 0 Å². The molecule has 1 N–H and O–H groups in total. The van der Waals surface area contributed by atoms with Crippen molar-refractivity contribution >= 4 is 23.1 Å². The lowest BCUT2D eigenvalue weighted by Crippen LogP contribution is -1.92. The van der Waals surface area contributed by atoms with Crippen molar-refractivity contribution in [2.24, 2.45) is 0 Å². The fourth-order valence-electron chi connectivity index (χ4n) is 1.26. The molecule has 0 spiro atoms. The molecule has 1 aromatic heterocycles. The summed E-state index contributed by atoms with van der Waals surface area (Å²) in [6.45, 7) is 1.98. The van der Waals surface area contributed by atoms with E-state index in [0.29, 0.717) is 0 Å². The molecule has 1 heterocycles. The minimum absolute atomic E-state index is 0.760. The van der Waals surface area contributed by atoms with Gasteiger partial charge in [-0.05, 0) is 36.8 Å². The predicted molar refractivity (Wildman–Crippen MR) is 63.7 cm³/mol. The molecule has 2 aromatic rings. The molecule has 0 bridgehead atoms. The Kier molecular flexibility index (Phi) is 2.88. The van der Waals surface area contributed by atoms with Crippen LogP contribution in [0.3, 0.4) is 0 Å². The molecule has 0 amide bonds. The van der Waals surface area contributed by atoms with Gasteiger partial charge in [0.1, 0.15) is 5.82 Å². The van der Waals surface area contributed by atoms with Crippen LogP contribution in [0.25, 0.3) is 0 Å². The zero-order chi connectivity index (χ0) is 10.7. The van der Waals surface area contributed by atoms with Gasteiger partial charge in [0.2, 0.25) is 0 Å². The summed E-state index contributed by atoms with van der Waals surface area (Å²) in [5, 5.41) is 3.94. The van der Waals surface area contributed by atoms with Crippen molar-refractivity contribution in [2.75, 3.05) is 5.32 Å². The van der Waals surface area contributed by atoms with Crippen molar-refractivity contribution in [3.05, 3.63) is 53.2 Å². The number of aromatic nitrogens is 1. The van der Waals surface area contributed by atoms with E-state index in [4.69, 9.17) is 11.6 Å². The molecule has 0 radical (unpaired) electrons. The summed E-state index contributed by atoms with van der Waals surface area (Å²) in [5.41, 5.74) is 2.02. The molecule has 2 rings (SSSR count). The summed E-state index contributed by atoms with van der Waals surface area (Å²) < 4.78 is 0. The molecule has 3 heteroatoms. The van der Waals surface area contributed by atoms with Crippen molar-refractivity contribution in [1.82, 2.24) is 4.98 Å². The first-order chi connectivity index (χ1) is 7.25. The smallest absolute Gasteiger partial charge is 0.130 e. The molecule has 0 fully saturated rings. The van der Waals surface area contributed by atoms with Crippen LogP contribution in [0.4, 0.5) is 11.5 Å². The fourth-order valence-corrected chi connectivity index (χ4v) is 1.44. The standard InChI is InChI=1S/C12H11ClN2/c1-9-5-6-10(8-11(9)13)15-12-4-2-3-7-14-12/h2-8H,1H3,(H,14,15). The topological polar surface area (TPSA) is 24.9 Å². The Morgan fingerprint density at radius 2 is 2.07 bits per heavy atom. The zero-order valence-electron chi connectivity index (χ0n) is 8.37. The third-order valence-electron chi connectivity index (χ3n) is 2.11. The van der Waals surface area contributed by atoms with E-state index in [1.54, 1.807) is 6.20 Å². The van der Waals surface area contributed by atoms with Gasteiger partial charge in [-0.3, -0.25) is 0 Å². The van der Waals surface area contributed by atoms with Crippen LogP contribution in [0, 0.1) is 6.92 Å². The Morgan fingerprint density at radius 1 is 1.20 bits per heavy atom. The van der Waals surface area contributed by atoms with Crippen LogP contribution < -0.4 is 5.32 Å². The van der Waals surface area contributed by atoms with E-state index < -0.39 is 0 Å². The predicted octanol–water partition coefficient (Wildman–Crippen LogP) is 3.79. The highest BCUT2D eigenvalue weighted by molar-refractivity contribution is 6.31. The largest absolute Gasteiger partial charge is 0.340 e. The fraction of sp³-hybridized carbons (Fsp3) is 0.0833. The highest BCUT2D eigenvalue weighted by Crippen LogP contribution is 2.21.